The molecule has 1 unspecified atom stereocenters. The lowest BCUT2D eigenvalue weighted by Gasteiger charge is -2.12. The van der Waals surface area contributed by atoms with Crippen molar-refractivity contribution in [1.82, 2.24) is 0 Å². The molecule has 0 bridgehead atoms. The van der Waals surface area contributed by atoms with Gasteiger partial charge in [0, 0.05) is 24.2 Å². The van der Waals surface area contributed by atoms with Crippen LogP contribution in [-0.4, -0.2) is 11.0 Å². The summed E-state index contributed by atoms with van der Waals surface area (Å²) in [5, 5.41) is 15.1. The highest BCUT2D eigenvalue weighted by Gasteiger charge is 2.13. The molecule has 0 saturated carbocycles. The third kappa shape index (κ3) is 2.56. The first kappa shape index (κ1) is 12.2. The van der Waals surface area contributed by atoms with Crippen LogP contribution in [0.15, 0.2) is 17.3 Å². The number of hydrogen-bond acceptors (Lipinski definition) is 4. The summed E-state index contributed by atoms with van der Waals surface area (Å²) in [5.74, 6) is -0.252. The van der Waals surface area contributed by atoms with E-state index in [0.717, 1.165) is 5.56 Å². The van der Waals surface area contributed by atoms with Crippen LogP contribution in [-0.2, 0) is 4.79 Å². The SMILES string of the molecule is CC(=O)Nc1cc(O)c(C(C)N=O)cc1C. The Labute approximate surface area is 93.5 Å². The van der Waals surface area contributed by atoms with Crippen LogP contribution in [0, 0.1) is 11.8 Å². The molecule has 0 aliphatic heterocycles. The number of aromatic hydroxyl groups is 1. The van der Waals surface area contributed by atoms with E-state index in [2.05, 4.69) is 10.5 Å². The Morgan fingerprint density at radius 3 is 2.62 bits per heavy atom. The molecule has 0 spiro atoms. The number of hydrogen-bond donors (Lipinski definition) is 2. The fourth-order valence-electron chi connectivity index (χ4n) is 1.43. The standard InChI is InChI=1S/C11H14N2O3/c1-6-4-9(7(2)13-16)11(15)5-10(6)12-8(3)14/h4-5,7,15H,1-3H3,(H,12,14). The van der Waals surface area contributed by atoms with Crippen LogP contribution < -0.4 is 5.32 Å². The summed E-state index contributed by atoms with van der Waals surface area (Å²) in [6.45, 7) is 4.77. The normalized spacial score (nSPS) is 11.9. The second-order valence-corrected chi connectivity index (χ2v) is 3.69. The molecule has 1 amide bonds. The second-order valence-electron chi connectivity index (χ2n) is 3.69. The van der Waals surface area contributed by atoms with E-state index in [1.165, 1.54) is 13.0 Å². The number of carbonyl (C=O) groups excluding carboxylic acids is 1. The van der Waals surface area contributed by atoms with Gasteiger partial charge in [0.25, 0.3) is 0 Å². The number of nitrogens with zero attached hydrogens (tertiary/aromatic N) is 1. The first-order chi connectivity index (χ1) is 7.45. The van der Waals surface area contributed by atoms with Crippen molar-refractivity contribution in [3.63, 3.8) is 0 Å². The molecule has 5 heteroatoms. The van der Waals surface area contributed by atoms with E-state index in [1.807, 2.05) is 0 Å². The molecule has 1 aromatic carbocycles. The van der Waals surface area contributed by atoms with Crippen LogP contribution in [0.5, 0.6) is 5.75 Å². The number of amides is 1. The Balaban J connectivity index is 3.16. The molecule has 0 aliphatic carbocycles. The molecule has 0 heterocycles. The predicted octanol–water partition coefficient (Wildman–Crippen LogP) is 2.49. The molecule has 1 aromatic rings. The Morgan fingerprint density at radius 2 is 2.12 bits per heavy atom. The molecular formula is C11H14N2O3. The van der Waals surface area contributed by atoms with E-state index in [4.69, 9.17) is 0 Å². The van der Waals surface area contributed by atoms with Crippen LogP contribution in [0.3, 0.4) is 0 Å². The molecule has 16 heavy (non-hydrogen) atoms. The minimum atomic E-state index is -0.606. The van der Waals surface area contributed by atoms with Gasteiger partial charge in [-0.1, -0.05) is 5.18 Å². The van der Waals surface area contributed by atoms with E-state index in [-0.39, 0.29) is 11.7 Å². The molecule has 0 aromatic heterocycles. The van der Waals surface area contributed by atoms with Gasteiger partial charge in [-0.15, -0.1) is 0 Å². The van der Waals surface area contributed by atoms with Crippen molar-refractivity contribution < 1.29 is 9.90 Å². The van der Waals surface area contributed by atoms with Gasteiger partial charge in [-0.2, -0.15) is 4.91 Å². The monoisotopic (exact) mass is 222 g/mol. The molecule has 1 rings (SSSR count). The molecule has 0 fully saturated rings. The van der Waals surface area contributed by atoms with Crippen LogP contribution in [0.1, 0.15) is 31.0 Å². The summed E-state index contributed by atoms with van der Waals surface area (Å²) in [6, 6.07) is 2.46. The molecule has 2 N–H and O–H groups in total. The maximum Gasteiger partial charge on any atom is 0.221 e. The summed E-state index contributed by atoms with van der Waals surface area (Å²) in [6.07, 6.45) is 0. The number of rotatable bonds is 3. The molecule has 86 valence electrons. The maximum atomic E-state index is 10.9. The topological polar surface area (TPSA) is 78.8 Å². The highest BCUT2D eigenvalue weighted by atomic mass is 16.3. The molecule has 0 saturated heterocycles. The Hall–Kier alpha value is -1.91. The van der Waals surface area contributed by atoms with Gasteiger partial charge in [-0.05, 0) is 25.5 Å². The van der Waals surface area contributed by atoms with Crippen molar-refractivity contribution in [2.45, 2.75) is 26.8 Å². The Kier molecular flexibility index (Phi) is 3.60. The van der Waals surface area contributed by atoms with E-state index in [0.29, 0.717) is 11.3 Å². The van der Waals surface area contributed by atoms with Crippen LogP contribution >= 0.6 is 0 Å². The van der Waals surface area contributed by atoms with Gasteiger partial charge in [0.2, 0.25) is 5.91 Å². The van der Waals surface area contributed by atoms with Crippen LogP contribution in [0.4, 0.5) is 5.69 Å². The van der Waals surface area contributed by atoms with Gasteiger partial charge >= 0.3 is 0 Å². The number of nitrogens with one attached hydrogen (secondary N) is 1. The number of aryl methyl sites for hydroxylation is 1. The minimum absolute atomic E-state index is 0.0403. The molecule has 1 atom stereocenters. The summed E-state index contributed by atoms with van der Waals surface area (Å²) >= 11 is 0. The number of anilines is 1. The van der Waals surface area contributed by atoms with Gasteiger partial charge < -0.3 is 10.4 Å². The van der Waals surface area contributed by atoms with Crippen molar-refractivity contribution in [1.29, 1.82) is 0 Å². The molecule has 0 aliphatic rings. The van der Waals surface area contributed by atoms with Crippen molar-refractivity contribution >= 4 is 11.6 Å². The van der Waals surface area contributed by atoms with Gasteiger partial charge in [-0.3, -0.25) is 4.79 Å². The van der Waals surface area contributed by atoms with E-state index >= 15 is 0 Å². The van der Waals surface area contributed by atoms with Crippen molar-refractivity contribution in [2.24, 2.45) is 5.18 Å². The van der Waals surface area contributed by atoms with Crippen molar-refractivity contribution in [2.75, 3.05) is 5.32 Å². The number of phenolic OH excluding ortho intramolecular Hbond substituents is 1. The number of phenols is 1. The van der Waals surface area contributed by atoms with Gasteiger partial charge in [-0.25, -0.2) is 0 Å². The number of benzene rings is 1. The van der Waals surface area contributed by atoms with E-state index in [9.17, 15) is 14.8 Å². The molecule has 0 radical (unpaired) electrons. The number of nitroso groups, excluding NO2 is 1. The number of carbonyl (C=O) groups is 1. The average Bonchev–Trinajstić information content (AvgIpc) is 2.21. The fourth-order valence-corrected chi connectivity index (χ4v) is 1.43. The largest absolute Gasteiger partial charge is 0.508 e. The lowest BCUT2D eigenvalue weighted by atomic mass is 10.0. The predicted molar refractivity (Wildman–Crippen MR) is 61.4 cm³/mol. The van der Waals surface area contributed by atoms with Gasteiger partial charge in [0.15, 0.2) is 0 Å². The van der Waals surface area contributed by atoms with E-state index in [1.54, 1.807) is 19.9 Å². The zero-order valence-electron chi connectivity index (χ0n) is 9.44. The molecular weight excluding hydrogens is 208 g/mol. The smallest absolute Gasteiger partial charge is 0.221 e. The summed E-state index contributed by atoms with van der Waals surface area (Å²) in [7, 11) is 0. The molecule has 5 nitrogen and oxygen atoms in total. The zero-order valence-corrected chi connectivity index (χ0v) is 9.44. The van der Waals surface area contributed by atoms with E-state index < -0.39 is 6.04 Å². The fraction of sp³-hybridized carbons (Fsp3) is 0.364. The maximum absolute atomic E-state index is 10.9. The Morgan fingerprint density at radius 1 is 1.50 bits per heavy atom. The lowest BCUT2D eigenvalue weighted by Crippen LogP contribution is -2.07. The van der Waals surface area contributed by atoms with Crippen molar-refractivity contribution in [3.05, 3.63) is 28.2 Å². The highest BCUT2D eigenvalue weighted by molar-refractivity contribution is 5.89. The van der Waals surface area contributed by atoms with Crippen molar-refractivity contribution in [3.8, 4) is 5.75 Å². The second kappa shape index (κ2) is 4.74. The average molecular weight is 222 g/mol. The summed E-state index contributed by atoms with van der Waals surface area (Å²) in [5.41, 5.74) is 1.77. The zero-order chi connectivity index (χ0) is 12.3. The van der Waals surface area contributed by atoms with Gasteiger partial charge in [0.1, 0.15) is 11.8 Å². The van der Waals surface area contributed by atoms with Crippen LogP contribution in [0.2, 0.25) is 0 Å². The van der Waals surface area contributed by atoms with Gasteiger partial charge in [0.05, 0.1) is 0 Å². The lowest BCUT2D eigenvalue weighted by molar-refractivity contribution is -0.114. The third-order valence-corrected chi connectivity index (χ3v) is 2.29. The first-order valence-corrected chi connectivity index (χ1v) is 4.89. The third-order valence-electron chi connectivity index (χ3n) is 2.29. The Bertz CT molecular complexity index is 429. The highest BCUT2D eigenvalue weighted by Crippen LogP contribution is 2.31. The summed E-state index contributed by atoms with van der Waals surface area (Å²) in [4.78, 5) is 21.3. The first-order valence-electron chi connectivity index (χ1n) is 4.89. The quantitative estimate of drug-likeness (QED) is 0.771. The summed E-state index contributed by atoms with van der Waals surface area (Å²) < 4.78 is 0. The minimum Gasteiger partial charge on any atom is -0.508 e. The van der Waals surface area contributed by atoms with Crippen LogP contribution in [0.25, 0.3) is 0 Å².